The van der Waals surface area contributed by atoms with Crippen molar-refractivity contribution >= 4 is 29.6 Å². The lowest BCUT2D eigenvalue weighted by atomic mass is 9.55. The minimum atomic E-state index is -0.614. The molecule has 8 heteroatoms. The molecule has 2 fully saturated rings. The number of carbonyl (C=O) groups is 1. The average Bonchev–Trinajstić information content (AvgIpc) is 3.31. The summed E-state index contributed by atoms with van der Waals surface area (Å²) in [4.78, 5) is 23.2. The molecular formula is C41H46N4O4. The second-order valence-electron chi connectivity index (χ2n) is 13.9. The monoisotopic (exact) mass is 658 g/mol. The Morgan fingerprint density at radius 2 is 1.53 bits per heavy atom. The molecule has 8 rings (SSSR count). The van der Waals surface area contributed by atoms with Gasteiger partial charge in [0.1, 0.15) is 11.9 Å². The van der Waals surface area contributed by atoms with Gasteiger partial charge in [0.25, 0.3) is 0 Å². The fourth-order valence-electron chi connectivity index (χ4n) is 8.65. The molecule has 2 amide bonds. The molecule has 0 saturated heterocycles. The van der Waals surface area contributed by atoms with Crippen LogP contribution in [0.25, 0.3) is 12.2 Å². The second-order valence-corrected chi connectivity index (χ2v) is 13.9. The molecule has 49 heavy (non-hydrogen) atoms. The molecule has 1 heterocycles. The van der Waals surface area contributed by atoms with Crippen LogP contribution in [0.15, 0.2) is 102 Å². The number of nitrogens with zero attached hydrogens (tertiary/aromatic N) is 2. The van der Waals surface area contributed by atoms with Gasteiger partial charge in [-0.2, -0.15) is 0 Å². The Kier molecular flexibility index (Phi) is 10.3. The fourth-order valence-corrected chi connectivity index (χ4v) is 8.65. The zero-order valence-electron chi connectivity index (χ0n) is 28.0. The third-order valence-electron chi connectivity index (χ3n) is 11.1. The summed E-state index contributed by atoms with van der Waals surface area (Å²) in [6, 6.07) is 30.5. The maximum atomic E-state index is 11.8. The van der Waals surface area contributed by atoms with Crippen LogP contribution in [0.5, 0.6) is 5.75 Å². The van der Waals surface area contributed by atoms with E-state index in [1.165, 1.54) is 30.4 Å². The summed E-state index contributed by atoms with van der Waals surface area (Å²) in [5.74, 6) is 2.49. The zero-order chi connectivity index (χ0) is 34.5. The van der Waals surface area contributed by atoms with Crippen molar-refractivity contribution in [1.82, 2.24) is 0 Å². The summed E-state index contributed by atoms with van der Waals surface area (Å²) in [6.45, 7) is 2.32. The lowest BCUT2D eigenvalue weighted by Gasteiger charge is -2.50. The molecule has 6 N–H and O–H groups in total. The number of aliphatic hydroxyl groups excluding tert-OH is 1. The number of anilines is 2. The van der Waals surface area contributed by atoms with E-state index >= 15 is 0 Å². The van der Waals surface area contributed by atoms with E-state index in [0.717, 1.165) is 53.2 Å². The molecule has 0 aromatic heterocycles. The van der Waals surface area contributed by atoms with E-state index in [-0.39, 0.29) is 11.5 Å². The summed E-state index contributed by atoms with van der Waals surface area (Å²) < 4.78 is 0. The van der Waals surface area contributed by atoms with Gasteiger partial charge in [-0.15, -0.1) is 4.91 Å². The van der Waals surface area contributed by atoms with Crippen LogP contribution >= 0.6 is 0 Å². The number of para-hydroxylation sites is 2. The van der Waals surface area contributed by atoms with E-state index in [9.17, 15) is 19.9 Å². The minimum Gasteiger partial charge on any atom is -0.508 e. The number of carbonyl (C=O) groups excluding carboxylic acids is 1. The zero-order valence-corrected chi connectivity index (χ0v) is 28.0. The highest BCUT2D eigenvalue weighted by Gasteiger charge is 2.54. The van der Waals surface area contributed by atoms with Crippen LogP contribution in [0.1, 0.15) is 72.8 Å². The van der Waals surface area contributed by atoms with Crippen molar-refractivity contribution in [3.05, 3.63) is 130 Å². The van der Waals surface area contributed by atoms with Crippen molar-refractivity contribution < 1.29 is 15.0 Å². The van der Waals surface area contributed by atoms with Gasteiger partial charge in [0.05, 0.1) is 17.5 Å². The first-order valence-corrected chi connectivity index (χ1v) is 17.3. The molecule has 254 valence electrons. The third-order valence-corrected chi connectivity index (χ3v) is 11.1. The normalized spacial score (nSPS) is 24.8. The van der Waals surface area contributed by atoms with Crippen LogP contribution in [-0.4, -0.2) is 28.5 Å². The van der Waals surface area contributed by atoms with E-state index in [2.05, 4.69) is 18.2 Å². The predicted octanol–water partition coefficient (Wildman–Crippen LogP) is 8.28. The summed E-state index contributed by atoms with van der Waals surface area (Å²) in [6.07, 6.45) is 10.7. The Bertz CT molecular complexity index is 1760. The highest BCUT2D eigenvalue weighted by atomic mass is 16.3. The van der Waals surface area contributed by atoms with Gasteiger partial charge in [-0.1, -0.05) is 97.0 Å². The largest absolute Gasteiger partial charge is 0.508 e. The van der Waals surface area contributed by atoms with E-state index in [0.29, 0.717) is 24.0 Å². The van der Waals surface area contributed by atoms with Gasteiger partial charge in [0.2, 0.25) is 0 Å². The number of phenolic OH excluding ortho intramolecular Hbond substituents is 1. The van der Waals surface area contributed by atoms with Crippen LogP contribution in [0, 0.1) is 22.2 Å². The van der Waals surface area contributed by atoms with E-state index in [1.54, 1.807) is 4.90 Å². The maximum absolute atomic E-state index is 11.8. The van der Waals surface area contributed by atoms with Gasteiger partial charge in [-0.05, 0) is 114 Å². The van der Waals surface area contributed by atoms with Gasteiger partial charge >= 0.3 is 6.03 Å². The molecule has 4 aromatic rings. The van der Waals surface area contributed by atoms with Crippen LogP contribution in [0.3, 0.4) is 0 Å². The molecular weight excluding hydrogens is 612 g/mol. The lowest BCUT2D eigenvalue weighted by Crippen LogP contribution is -2.43. The van der Waals surface area contributed by atoms with Crippen molar-refractivity contribution in [2.24, 2.45) is 33.9 Å². The maximum Gasteiger partial charge on any atom is 0.323 e. The Morgan fingerprint density at radius 1 is 0.898 bits per heavy atom. The van der Waals surface area contributed by atoms with Crippen molar-refractivity contribution in [3.8, 4) is 5.75 Å². The van der Waals surface area contributed by atoms with E-state index in [4.69, 9.17) is 11.5 Å². The molecule has 0 bridgehead atoms. The molecule has 1 aliphatic heterocycles. The second kappa shape index (κ2) is 14.8. The SMILES string of the molecule is C[C@]12CC[C@@H]3c4ccc(O)cc4CC[C@H]3[C@@H]1CC[C@@H]2O.NC(=O)N1c2ccccc2C=Cc2ccccc21.NC(Cc1ccccc1)N=O. The molecule has 2 saturated carbocycles. The third kappa shape index (κ3) is 7.16. The Morgan fingerprint density at radius 3 is 2.16 bits per heavy atom. The van der Waals surface area contributed by atoms with Gasteiger partial charge in [-0.25, -0.2) is 4.79 Å². The van der Waals surface area contributed by atoms with Crippen molar-refractivity contribution in [2.75, 3.05) is 4.90 Å². The van der Waals surface area contributed by atoms with Crippen molar-refractivity contribution in [3.63, 3.8) is 0 Å². The van der Waals surface area contributed by atoms with Gasteiger partial charge in [-0.3, -0.25) is 4.90 Å². The summed E-state index contributed by atoms with van der Waals surface area (Å²) >= 11 is 0. The number of aliphatic hydroxyl groups is 1. The van der Waals surface area contributed by atoms with Crippen LogP contribution in [-0.2, 0) is 12.8 Å². The topological polar surface area (TPSA) is 142 Å². The number of primary amides is 1. The Labute approximate surface area is 288 Å². The first-order chi connectivity index (χ1) is 23.7. The number of aryl methyl sites for hydroxylation is 1. The average molecular weight is 659 g/mol. The lowest BCUT2D eigenvalue weighted by molar-refractivity contribution is -0.0226. The molecule has 0 radical (unpaired) electrons. The Balaban J connectivity index is 0.000000133. The first kappa shape index (κ1) is 34.1. The summed E-state index contributed by atoms with van der Waals surface area (Å²) in [5.41, 5.74) is 18.5. The number of phenols is 1. The van der Waals surface area contributed by atoms with E-state index < -0.39 is 12.2 Å². The molecule has 4 aromatic carbocycles. The number of fused-ring (bicyclic) bond motifs is 7. The number of rotatable bonds is 3. The first-order valence-electron chi connectivity index (χ1n) is 17.3. The fraction of sp³-hybridized carbons (Fsp3) is 0.341. The van der Waals surface area contributed by atoms with E-state index in [1.807, 2.05) is 103 Å². The molecule has 3 aliphatic carbocycles. The van der Waals surface area contributed by atoms with Gasteiger partial charge in [0.15, 0.2) is 0 Å². The quantitative estimate of drug-likeness (QED) is 0.164. The highest BCUT2D eigenvalue weighted by molar-refractivity contribution is 6.04. The smallest absolute Gasteiger partial charge is 0.323 e. The number of urea groups is 1. The molecule has 8 nitrogen and oxygen atoms in total. The molecule has 0 spiro atoms. The summed E-state index contributed by atoms with van der Waals surface area (Å²) in [7, 11) is 0. The molecule has 4 aliphatic rings. The van der Waals surface area contributed by atoms with Crippen LogP contribution in [0.2, 0.25) is 0 Å². The van der Waals surface area contributed by atoms with Crippen LogP contribution in [0.4, 0.5) is 16.2 Å². The standard InChI is InChI=1S/C18H24O2.C15H12N2O.C8H10N2O/c1-18-9-8-14-13-5-3-12(19)10-11(13)2-4-15(14)16(18)6-7-17(18)20;16-15(18)17-13-7-3-1-5-11(13)9-10-12-6-2-4-8-14(12)17;9-8(10-11)6-7-4-2-1-3-5-7/h3,5,10,14-17,19-20H,2,4,6-9H2,1H3;1-10H,(H2,16,18);1-5,8H,6,9H2/t14-,15-,16+,17+,18+;;/m1../s1. The number of amides is 2. The molecule has 1 unspecified atom stereocenters. The number of hydrogen-bond acceptors (Lipinski definition) is 6. The van der Waals surface area contributed by atoms with Gasteiger partial charge < -0.3 is 21.7 Å². The number of hydrogen-bond donors (Lipinski definition) is 4. The van der Waals surface area contributed by atoms with Gasteiger partial charge in [0, 0.05) is 6.42 Å². The number of benzene rings is 4. The number of nitrogens with two attached hydrogens (primary N) is 2. The highest BCUT2D eigenvalue weighted by Crippen LogP contribution is 2.60. The number of nitroso groups, excluding NO2 is 1. The number of aromatic hydroxyl groups is 1. The van der Waals surface area contributed by atoms with Crippen molar-refractivity contribution in [2.45, 2.75) is 70.1 Å². The van der Waals surface area contributed by atoms with Crippen LogP contribution < -0.4 is 16.4 Å². The minimum absolute atomic E-state index is 0.0883. The van der Waals surface area contributed by atoms with Crippen molar-refractivity contribution in [1.29, 1.82) is 0 Å². The molecule has 6 atom stereocenters. The summed E-state index contributed by atoms with van der Waals surface area (Å²) in [5, 5.41) is 22.8. The Hall–Kier alpha value is -4.79. The predicted molar refractivity (Wildman–Crippen MR) is 196 cm³/mol.